The number of hydrogen-bond acceptors (Lipinski definition) is 2. The van der Waals surface area contributed by atoms with E-state index in [2.05, 4.69) is 40.3 Å². The topological polar surface area (TPSA) is 38.0 Å². The van der Waals surface area contributed by atoms with Gasteiger partial charge in [0.15, 0.2) is 0 Å². The lowest BCUT2D eigenvalue weighted by Crippen LogP contribution is -2.25. The van der Waals surface area contributed by atoms with Crippen LogP contribution in [-0.2, 0) is 0 Å². The highest BCUT2D eigenvalue weighted by Crippen LogP contribution is 2.22. The molecule has 13 heavy (non-hydrogen) atoms. The minimum atomic E-state index is 0.346. The molecule has 1 unspecified atom stereocenters. The highest BCUT2D eigenvalue weighted by molar-refractivity contribution is 9.10. The lowest BCUT2D eigenvalue weighted by molar-refractivity contribution is 0.580. The fourth-order valence-electron chi connectivity index (χ4n) is 1.24. The van der Waals surface area contributed by atoms with E-state index in [1.807, 2.05) is 12.1 Å². The Bertz CT molecular complexity index is 263. The fraction of sp³-hybridized carbons (Fsp3) is 0.400. The van der Waals surface area contributed by atoms with Crippen molar-refractivity contribution in [3.8, 4) is 0 Å². The van der Waals surface area contributed by atoms with Gasteiger partial charge in [0.05, 0.1) is 0 Å². The van der Waals surface area contributed by atoms with Crippen LogP contribution in [0.2, 0.25) is 0 Å². The van der Waals surface area contributed by atoms with E-state index in [0.717, 1.165) is 11.0 Å². The largest absolute Gasteiger partial charge is 0.329 e. The summed E-state index contributed by atoms with van der Waals surface area (Å²) >= 11 is 3.52. The molecule has 0 aromatic heterocycles. The Hall–Kier alpha value is -0.380. The van der Waals surface area contributed by atoms with Crippen molar-refractivity contribution in [1.29, 1.82) is 0 Å². The van der Waals surface area contributed by atoms with Gasteiger partial charge in [-0.25, -0.2) is 0 Å². The molecule has 3 N–H and O–H groups in total. The molecule has 0 aliphatic rings. The summed E-state index contributed by atoms with van der Waals surface area (Å²) < 4.78 is 1.15. The van der Waals surface area contributed by atoms with Gasteiger partial charge in [0.1, 0.15) is 0 Å². The molecule has 0 aliphatic heterocycles. The quantitative estimate of drug-likeness (QED) is 0.849. The van der Waals surface area contributed by atoms with Gasteiger partial charge in [0.2, 0.25) is 0 Å². The molecular weight excluding hydrogens is 228 g/mol. The summed E-state index contributed by atoms with van der Waals surface area (Å²) in [7, 11) is 0. The number of nitrogens with one attached hydrogen (secondary N) is 1. The molecular formula is C10H15BrN2. The lowest BCUT2D eigenvalue weighted by atomic mass is 10.1. The third kappa shape index (κ3) is 3.10. The van der Waals surface area contributed by atoms with E-state index in [-0.39, 0.29) is 0 Å². The van der Waals surface area contributed by atoms with Crippen LogP contribution in [0.25, 0.3) is 0 Å². The summed E-state index contributed by atoms with van der Waals surface area (Å²) in [5.74, 6) is 0. The summed E-state index contributed by atoms with van der Waals surface area (Å²) in [5, 5.41) is 3.33. The molecule has 1 atom stereocenters. The second-order valence-corrected chi connectivity index (χ2v) is 3.84. The molecule has 2 nitrogen and oxygen atoms in total. The van der Waals surface area contributed by atoms with Crippen LogP contribution in [0.3, 0.4) is 0 Å². The fourth-order valence-corrected chi connectivity index (χ4v) is 1.86. The molecule has 1 aromatic rings. The summed E-state index contributed by atoms with van der Waals surface area (Å²) in [5.41, 5.74) is 6.69. The summed E-state index contributed by atoms with van der Waals surface area (Å²) in [6.45, 7) is 3.66. The van der Waals surface area contributed by atoms with Crippen LogP contribution in [-0.4, -0.2) is 13.1 Å². The van der Waals surface area contributed by atoms with E-state index < -0.39 is 0 Å². The van der Waals surface area contributed by atoms with Crippen molar-refractivity contribution < 1.29 is 0 Å². The monoisotopic (exact) mass is 242 g/mol. The molecule has 0 heterocycles. The molecule has 72 valence electrons. The van der Waals surface area contributed by atoms with Gasteiger partial charge < -0.3 is 11.1 Å². The highest BCUT2D eigenvalue weighted by atomic mass is 79.9. The Kier molecular flexibility index (Phi) is 4.42. The number of rotatable bonds is 4. The summed E-state index contributed by atoms with van der Waals surface area (Å²) in [4.78, 5) is 0. The number of halogens is 1. The molecule has 0 radical (unpaired) electrons. The molecule has 0 saturated carbocycles. The first kappa shape index (κ1) is 10.7. The maximum atomic E-state index is 5.42. The van der Waals surface area contributed by atoms with Gasteiger partial charge in [0.25, 0.3) is 0 Å². The van der Waals surface area contributed by atoms with Crippen molar-refractivity contribution in [2.45, 2.75) is 13.0 Å². The first-order valence-corrected chi connectivity index (χ1v) is 5.23. The van der Waals surface area contributed by atoms with E-state index in [1.165, 1.54) is 5.56 Å². The molecule has 0 saturated heterocycles. The van der Waals surface area contributed by atoms with Crippen molar-refractivity contribution in [1.82, 2.24) is 5.32 Å². The van der Waals surface area contributed by atoms with Crippen molar-refractivity contribution in [3.05, 3.63) is 34.3 Å². The molecule has 1 aromatic carbocycles. The van der Waals surface area contributed by atoms with Crippen LogP contribution in [0.4, 0.5) is 0 Å². The molecule has 0 fully saturated rings. The van der Waals surface area contributed by atoms with Gasteiger partial charge in [-0.1, -0.05) is 34.1 Å². The molecule has 3 heteroatoms. The van der Waals surface area contributed by atoms with E-state index in [4.69, 9.17) is 5.73 Å². The normalized spacial score (nSPS) is 12.8. The second-order valence-electron chi connectivity index (χ2n) is 2.99. The predicted molar refractivity (Wildman–Crippen MR) is 59.6 cm³/mol. The predicted octanol–water partition coefficient (Wildman–Crippen LogP) is 2.06. The molecule has 0 amide bonds. The van der Waals surface area contributed by atoms with Crippen molar-refractivity contribution >= 4 is 15.9 Å². The van der Waals surface area contributed by atoms with E-state index in [0.29, 0.717) is 12.6 Å². The van der Waals surface area contributed by atoms with Crippen LogP contribution in [0.5, 0.6) is 0 Å². The van der Waals surface area contributed by atoms with Gasteiger partial charge in [-0.2, -0.15) is 0 Å². The first-order valence-electron chi connectivity index (χ1n) is 4.43. The Labute approximate surface area is 87.6 Å². The zero-order valence-corrected chi connectivity index (χ0v) is 9.34. The SMILES string of the molecule is CC(NCCN)c1ccccc1Br. The zero-order chi connectivity index (χ0) is 9.68. The van der Waals surface area contributed by atoms with E-state index in [9.17, 15) is 0 Å². The Morgan fingerprint density at radius 1 is 1.46 bits per heavy atom. The zero-order valence-electron chi connectivity index (χ0n) is 7.76. The second kappa shape index (κ2) is 5.37. The van der Waals surface area contributed by atoms with Gasteiger partial charge in [-0.15, -0.1) is 0 Å². The Morgan fingerprint density at radius 3 is 2.77 bits per heavy atom. The van der Waals surface area contributed by atoms with E-state index in [1.54, 1.807) is 0 Å². The minimum Gasteiger partial charge on any atom is -0.329 e. The average Bonchev–Trinajstić information content (AvgIpc) is 2.15. The highest BCUT2D eigenvalue weighted by Gasteiger charge is 2.06. The van der Waals surface area contributed by atoms with Crippen LogP contribution < -0.4 is 11.1 Å². The maximum absolute atomic E-state index is 5.42. The van der Waals surface area contributed by atoms with Gasteiger partial charge >= 0.3 is 0 Å². The third-order valence-corrected chi connectivity index (χ3v) is 2.69. The van der Waals surface area contributed by atoms with Crippen LogP contribution >= 0.6 is 15.9 Å². The maximum Gasteiger partial charge on any atom is 0.0303 e. The van der Waals surface area contributed by atoms with Crippen LogP contribution in [0.15, 0.2) is 28.7 Å². The molecule has 0 aliphatic carbocycles. The van der Waals surface area contributed by atoms with Crippen molar-refractivity contribution in [3.63, 3.8) is 0 Å². The molecule has 0 bridgehead atoms. The third-order valence-electron chi connectivity index (χ3n) is 1.97. The van der Waals surface area contributed by atoms with Gasteiger partial charge in [0, 0.05) is 23.6 Å². The Balaban J connectivity index is 2.65. The van der Waals surface area contributed by atoms with E-state index >= 15 is 0 Å². The van der Waals surface area contributed by atoms with Crippen LogP contribution in [0, 0.1) is 0 Å². The average molecular weight is 243 g/mol. The number of hydrogen-bond donors (Lipinski definition) is 2. The number of benzene rings is 1. The molecule has 0 spiro atoms. The minimum absolute atomic E-state index is 0.346. The summed E-state index contributed by atoms with van der Waals surface area (Å²) in [6, 6.07) is 8.57. The van der Waals surface area contributed by atoms with Crippen molar-refractivity contribution in [2.24, 2.45) is 5.73 Å². The standard InChI is InChI=1S/C10H15BrN2/c1-8(13-7-6-12)9-4-2-3-5-10(9)11/h2-5,8,13H,6-7,12H2,1H3. The Morgan fingerprint density at radius 2 is 2.15 bits per heavy atom. The van der Waals surface area contributed by atoms with Crippen LogP contribution in [0.1, 0.15) is 18.5 Å². The lowest BCUT2D eigenvalue weighted by Gasteiger charge is -2.14. The number of nitrogens with two attached hydrogens (primary N) is 1. The van der Waals surface area contributed by atoms with Crippen molar-refractivity contribution in [2.75, 3.05) is 13.1 Å². The van der Waals surface area contributed by atoms with Gasteiger partial charge in [-0.3, -0.25) is 0 Å². The summed E-state index contributed by atoms with van der Waals surface area (Å²) in [6.07, 6.45) is 0. The molecule has 1 rings (SSSR count). The first-order chi connectivity index (χ1) is 6.25. The van der Waals surface area contributed by atoms with Gasteiger partial charge in [-0.05, 0) is 18.6 Å². The smallest absolute Gasteiger partial charge is 0.0303 e.